The van der Waals surface area contributed by atoms with Crippen LogP contribution >= 0.6 is 0 Å². The third-order valence-corrected chi connectivity index (χ3v) is 4.37. The minimum absolute atomic E-state index is 0.0956. The van der Waals surface area contributed by atoms with Gasteiger partial charge in [-0.3, -0.25) is 0 Å². The predicted molar refractivity (Wildman–Crippen MR) is 77.4 cm³/mol. The second-order valence-electron chi connectivity index (χ2n) is 5.68. The highest BCUT2D eigenvalue weighted by atomic mass is 19.4. The van der Waals surface area contributed by atoms with Crippen LogP contribution in [-0.4, -0.2) is 23.9 Å². The number of carboxylic acid groups (broad SMARTS) is 2. The lowest BCUT2D eigenvalue weighted by Gasteiger charge is -2.38. The Kier molecular flexibility index (Phi) is 4.66. The fourth-order valence-electron chi connectivity index (χ4n) is 2.90. The van der Waals surface area contributed by atoms with E-state index in [1.807, 2.05) is 0 Å². The summed E-state index contributed by atoms with van der Waals surface area (Å²) in [7, 11) is 1.49. The van der Waals surface area contributed by atoms with Crippen LogP contribution in [0.2, 0.25) is 0 Å². The molecule has 0 N–H and O–H groups in total. The maximum Gasteiger partial charge on any atom is 0.416 e. The number of hydrogen-bond acceptors (Lipinski definition) is 5. The zero-order valence-electron chi connectivity index (χ0n) is 13.6. The van der Waals surface area contributed by atoms with Gasteiger partial charge >= 0.3 is 6.18 Å². The number of nitrogens with zero attached hydrogens (tertiary/aromatic N) is 1. The van der Waals surface area contributed by atoms with Crippen molar-refractivity contribution in [3.63, 3.8) is 0 Å². The molecule has 2 rings (SSSR count). The van der Waals surface area contributed by atoms with Crippen molar-refractivity contribution in [2.75, 3.05) is 7.05 Å². The average molecular weight is 353 g/mol. The minimum Gasteiger partial charge on any atom is -0.545 e. The van der Waals surface area contributed by atoms with Crippen LogP contribution in [0.4, 0.5) is 13.2 Å². The number of rotatable bonds is 3. The molecule has 0 atom stereocenters. The molecule has 134 valence electrons. The van der Waals surface area contributed by atoms with E-state index in [2.05, 4.69) is 0 Å². The fourth-order valence-corrected chi connectivity index (χ4v) is 2.90. The van der Waals surface area contributed by atoms with Gasteiger partial charge in [-0.25, -0.2) is 0 Å². The number of carbonyl (C=O) groups excluding carboxylic acids is 2. The molecule has 0 saturated carbocycles. The van der Waals surface area contributed by atoms with Crippen LogP contribution in [0.3, 0.4) is 0 Å². The van der Waals surface area contributed by atoms with Crippen LogP contribution in [0, 0.1) is 0 Å². The van der Waals surface area contributed by atoms with Crippen molar-refractivity contribution in [2.24, 2.45) is 0 Å². The summed E-state index contributed by atoms with van der Waals surface area (Å²) >= 11 is 0. The Balaban J connectivity index is 2.68. The number of benzene rings is 1. The molecule has 25 heavy (non-hydrogen) atoms. The van der Waals surface area contributed by atoms with Crippen molar-refractivity contribution in [2.45, 2.75) is 25.9 Å². The topological polar surface area (TPSA) is 83.5 Å². The van der Waals surface area contributed by atoms with Crippen LogP contribution in [-0.2, 0) is 15.8 Å². The highest BCUT2D eigenvalue weighted by Gasteiger charge is 2.34. The zero-order valence-corrected chi connectivity index (χ0v) is 13.6. The van der Waals surface area contributed by atoms with Gasteiger partial charge in [-0.2, -0.15) is 13.2 Å². The highest BCUT2D eigenvalue weighted by molar-refractivity contribution is 5.96. The first kappa shape index (κ1) is 18.6. The Hall–Kier alpha value is -2.77. The number of allylic oxidation sites excluding steroid dienone is 2. The van der Waals surface area contributed by atoms with Gasteiger partial charge in [0.2, 0.25) is 0 Å². The molecule has 0 aliphatic carbocycles. The van der Waals surface area contributed by atoms with Gasteiger partial charge < -0.3 is 24.7 Å². The number of alkyl halides is 3. The van der Waals surface area contributed by atoms with Crippen molar-refractivity contribution < 1.29 is 33.0 Å². The first-order valence-electron chi connectivity index (χ1n) is 7.22. The Morgan fingerprint density at radius 1 is 0.960 bits per heavy atom. The highest BCUT2D eigenvalue weighted by Crippen LogP contribution is 2.41. The number of carbonyl (C=O) groups is 2. The molecule has 1 aromatic rings. The lowest BCUT2D eigenvalue weighted by atomic mass is 9.79. The smallest absolute Gasteiger partial charge is 0.416 e. The molecule has 0 radical (unpaired) electrons. The summed E-state index contributed by atoms with van der Waals surface area (Å²) in [6.45, 7) is 2.94. The number of aliphatic carboxylic acids is 2. The van der Waals surface area contributed by atoms with Crippen molar-refractivity contribution in [3.8, 4) is 0 Å². The summed E-state index contributed by atoms with van der Waals surface area (Å²) in [5.74, 6) is -4.48. The largest absolute Gasteiger partial charge is 0.545 e. The lowest BCUT2D eigenvalue weighted by molar-refractivity contribution is -0.300. The van der Waals surface area contributed by atoms with E-state index >= 15 is 0 Å². The van der Waals surface area contributed by atoms with Gasteiger partial charge in [0.25, 0.3) is 0 Å². The Morgan fingerprint density at radius 3 is 1.68 bits per heavy atom. The molecule has 0 bridgehead atoms. The van der Waals surface area contributed by atoms with E-state index in [1.165, 1.54) is 25.8 Å². The summed E-state index contributed by atoms with van der Waals surface area (Å²) in [5.41, 5.74) is -0.993. The van der Waals surface area contributed by atoms with Gasteiger partial charge in [0.15, 0.2) is 0 Å². The third-order valence-electron chi connectivity index (χ3n) is 4.37. The molecule has 8 heteroatoms. The molecule has 0 amide bonds. The Morgan fingerprint density at radius 2 is 1.36 bits per heavy atom. The molecule has 0 spiro atoms. The van der Waals surface area contributed by atoms with E-state index in [9.17, 15) is 33.0 Å². The van der Waals surface area contributed by atoms with E-state index in [0.717, 1.165) is 24.3 Å². The fraction of sp³-hybridized carbons (Fsp3) is 0.294. The quantitative estimate of drug-likeness (QED) is 0.802. The molecular weight excluding hydrogens is 339 g/mol. The van der Waals surface area contributed by atoms with Crippen LogP contribution in [0.25, 0.3) is 0 Å². The second kappa shape index (κ2) is 6.27. The summed E-state index contributed by atoms with van der Waals surface area (Å²) in [5, 5.41) is 23.2. The SMILES string of the molecule is CC1=C(C(=O)[O-])C(c2ccc(C(F)(F)F)cc2)C(C(=O)[O-])=C(C)N1C. The van der Waals surface area contributed by atoms with Gasteiger partial charge in [-0.1, -0.05) is 12.1 Å². The van der Waals surface area contributed by atoms with Crippen LogP contribution in [0.1, 0.15) is 30.9 Å². The van der Waals surface area contributed by atoms with Crippen molar-refractivity contribution >= 4 is 11.9 Å². The Labute approximate surface area is 141 Å². The van der Waals surface area contributed by atoms with E-state index in [1.54, 1.807) is 0 Å². The summed E-state index contributed by atoms with van der Waals surface area (Å²) in [4.78, 5) is 24.5. The second-order valence-corrected chi connectivity index (χ2v) is 5.68. The van der Waals surface area contributed by atoms with E-state index < -0.39 is 29.6 Å². The average Bonchev–Trinajstić information content (AvgIpc) is 2.50. The lowest BCUT2D eigenvalue weighted by Crippen LogP contribution is -2.40. The Bertz CT molecular complexity index is 753. The number of hydrogen-bond donors (Lipinski definition) is 0. The van der Waals surface area contributed by atoms with Crippen LogP contribution < -0.4 is 10.2 Å². The summed E-state index contributed by atoms with van der Waals surface area (Å²) < 4.78 is 38.1. The molecule has 1 heterocycles. The molecule has 5 nitrogen and oxygen atoms in total. The minimum atomic E-state index is -4.56. The van der Waals surface area contributed by atoms with Crippen LogP contribution in [0.5, 0.6) is 0 Å². The zero-order chi connectivity index (χ0) is 19.1. The first-order valence-corrected chi connectivity index (χ1v) is 7.22. The number of halogens is 3. The molecule has 0 unspecified atom stereocenters. The van der Waals surface area contributed by atoms with E-state index in [-0.39, 0.29) is 28.1 Å². The van der Waals surface area contributed by atoms with Gasteiger partial charge in [-0.15, -0.1) is 0 Å². The molecule has 1 aliphatic rings. The normalized spacial score (nSPS) is 16.5. The van der Waals surface area contributed by atoms with E-state index in [0.29, 0.717) is 0 Å². The van der Waals surface area contributed by atoms with Gasteiger partial charge in [0.05, 0.1) is 17.5 Å². The molecular formula is C17H14F3NO4-2. The maximum atomic E-state index is 12.7. The maximum absolute atomic E-state index is 12.7. The summed E-state index contributed by atoms with van der Waals surface area (Å²) in [6.07, 6.45) is -4.56. The van der Waals surface area contributed by atoms with Crippen LogP contribution in [0.15, 0.2) is 46.8 Å². The molecule has 1 aliphatic heterocycles. The monoisotopic (exact) mass is 353 g/mol. The summed E-state index contributed by atoms with van der Waals surface area (Å²) in [6, 6.07) is 3.67. The third kappa shape index (κ3) is 3.24. The first-order chi connectivity index (χ1) is 11.5. The van der Waals surface area contributed by atoms with Crippen molar-refractivity contribution in [1.82, 2.24) is 4.90 Å². The number of carboxylic acids is 2. The predicted octanol–water partition coefficient (Wildman–Crippen LogP) is 0.782. The van der Waals surface area contributed by atoms with Crippen molar-refractivity contribution in [1.29, 1.82) is 0 Å². The van der Waals surface area contributed by atoms with Gasteiger partial charge in [0.1, 0.15) is 0 Å². The van der Waals surface area contributed by atoms with Crippen molar-refractivity contribution in [3.05, 3.63) is 57.9 Å². The molecule has 0 aromatic heterocycles. The molecule has 0 saturated heterocycles. The van der Waals surface area contributed by atoms with Gasteiger partial charge in [0, 0.05) is 35.5 Å². The van der Waals surface area contributed by atoms with Gasteiger partial charge in [-0.05, 0) is 31.5 Å². The standard InChI is InChI=1S/C17H16F3NO4/c1-8-12(15(22)23)14(13(16(24)25)9(2)21(8)3)10-4-6-11(7-5-10)17(18,19)20/h4-7,14H,1-3H3,(H,22,23)(H,24,25)/p-2. The molecule has 0 fully saturated rings. The van der Waals surface area contributed by atoms with E-state index in [4.69, 9.17) is 0 Å². The molecule has 1 aromatic carbocycles.